The highest BCUT2D eigenvalue weighted by Crippen LogP contribution is 2.30. The van der Waals surface area contributed by atoms with Crippen LogP contribution in [0.25, 0.3) is 0 Å². The number of para-hydroxylation sites is 1. The molecule has 10 heteroatoms. The summed E-state index contributed by atoms with van der Waals surface area (Å²) in [6.45, 7) is 0.973. The second-order valence-corrected chi connectivity index (χ2v) is 8.76. The predicted molar refractivity (Wildman–Crippen MR) is 112 cm³/mol. The Labute approximate surface area is 182 Å². The largest absolute Gasteiger partial charge is 0.416 e. The van der Waals surface area contributed by atoms with Crippen molar-refractivity contribution >= 4 is 27.3 Å². The summed E-state index contributed by atoms with van der Waals surface area (Å²) in [6, 6.07) is 14.5. The van der Waals surface area contributed by atoms with Gasteiger partial charge in [0.05, 0.1) is 16.1 Å². The first-order chi connectivity index (χ1) is 15.0. The minimum atomic E-state index is -4.54. The molecule has 0 aromatic heterocycles. The molecule has 0 aliphatic heterocycles. The number of rotatable bonds is 6. The standard InChI is InChI=1S/C22H18F4N2O3S/c1-15-6-12-18(13-7-15)32(30,31)28(20-5-3-2-4-19(20)23)14-21(29)27-17-10-8-16(9-11-17)22(24,25)26/h2-13H,14H2,1H3,(H,27,29). The molecule has 3 aromatic rings. The first-order valence-corrected chi connectivity index (χ1v) is 10.7. The maximum absolute atomic E-state index is 14.4. The molecule has 3 aromatic carbocycles. The highest BCUT2D eigenvalue weighted by atomic mass is 32.2. The zero-order valence-electron chi connectivity index (χ0n) is 16.7. The maximum Gasteiger partial charge on any atom is 0.416 e. The van der Waals surface area contributed by atoms with E-state index in [2.05, 4.69) is 5.32 Å². The fourth-order valence-electron chi connectivity index (χ4n) is 2.86. The van der Waals surface area contributed by atoms with Crippen LogP contribution in [0.5, 0.6) is 0 Å². The number of halogens is 4. The molecule has 0 unspecified atom stereocenters. The van der Waals surface area contributed by atoms with Gasteiger partial charge in [0.15, 0.2) is 0 Å². The van der Waals surface area contributed by atoms with Gasteiger partial charge in [0, 0.05) is 5.69 Å². The molecular formula is C22H18F4N2O3S. The van der Waals surface area contributed by atoms with Crippen LogP contribution in [-0.2, 0) is 21.0 Å². The molecule has 32 heavy (non-hydrogen) atoms. The number of hydrogen-bond acceptors (Lipinski definition) is 3. The van der Waals surface area contributed by atoms with E-state index in [0.717, 1.165) is 35.9 Å². The molecule has 0 heterocycles. The zero-order valence-corrected chi connectivity index (χ0v) is 17.5. The minimum absolute atomic E-state index is 0.0317. The van der Waals surface area contributed by atoms with Crippen molar-refractivity contribution in [3.05, 3.63) is 89.7 Å². The predicted octanol–water partition coefficient (Wildman–Crippen LogP) is 4.99. The van der Waals surface area contributed by atoms with Gasteiger partial charge in [-0.3, -0.25) is 9.10 Å². The van der Waals surface area contributed by atoms with Crippen molar-refractivity contribution < 1.29 is 30.8 Å². The minimum Gasteiger partial charge on any atom is -0.325 e. The molecule has 0 aliphatic carbocycles. The zero-order chi connectivity index (χ0) is 23.5. The van der Waals surface area contributed by atoms with Gasteiger partial charge < -0.3 is 5.32 Å². The van der Waals surface area contributed by atoms with Gasteiger partial charge in [-0.1, -0.05) is 29.8 Å². The molecule has 3 rings (SSSR count). The van der Waals surface area contributed by atoms with E-state index in [4.69, 9.17) is 0 Å². The van der Waals surface area contributed by atoms with Crippen molar-refractivity contribution in [3.63, 3.8) is 0 Å². The molecular weight excluding hydrogens is 448 g/mol. The van der Waals surface area contributed by atoms with Crippen molar-refractivity contribution in [3.8, 4) is 0 Å². The lowest BCUT2D eigenvalue weighted by atomic mass is 10.2. The van der Waals surface area contributed by atoms with Crippen molar-refractivity contribution in [2.75, 3.05) is 16.2 Å². The number of alkyl halides is 3. The first kappa shape index (κ1) is 23.3. The number of aryl methyl sites for hydroxylation is 1. The number of amides is 1. The molecule has 0 bridgehead atoms. The van der Waals surface area contributed by atoms with E-state index in [1.165, 1.54) is 30.3 Å². The summed E-state index contributed by atoms with van der Waals surface area (Å²) in [5.41, 5.74) is -0.397. The van der Waals surface area contributed by atoms with Crippen molar-refractivity contribution in [2.24, 2.45) is 0 Å². The van der Waals surface area contributed by atoms with E-state index in [9.17, 15) is 30.8 Å². The van der Waals surface area contributed by atoms with Crippen LogP contribution >= 0.6 is 0 Å². The van der Waals surface area contributed by atoms with Crippen molar-refractivity contribution in [2.45, 2.75) is 18.0 Å². The number of carbonyl (C=O) groups excluding carboxylic acids is 1. The van der Waals surface area contributed by atoms with Gasteiger partial charge in [-0.25, -0.2) is 12.8 Å². The molecule has 0 spiro atoms. The van der Waals surface area contributed by atoms with Crippen molar-refractivity contribution in [1.82, 2.24) is 0 Å². The quantitative estimate of drug-likeness (QED) is 0.521. The second-order valence-electron chi connectivity index (χ2n) is 6.90. The van der Waals surface area contributed by atoms with Crippen LogP contribution in [0.2, 0.25) is 0 Å². The SMILES string of the molecule is Cc1ccc(S(=O)(=O)N(CC(=O)Nc2ccc(C(F)(F)F)cc2)c2ccccc2F)cc1. The summed E-state index contributed by atoms with van der Waals surface area (Å²) in [5.74, 6) is -1.71. The lowest BCUT2D eigenvalue weighted by molar-refractivity contribution is -0.137. The molecule has 0 saturated heterocycles. The van der Waals surface area contributed by atoms with E-state index in [1.54, 1.807) is 19.1 Å². The Morgan fingerprint density at radius 3 is 2.09 bits per heavy atom. The Morgan fingerprint density at radius 2 is 1.53 bits per heavy atom. The fraction of sp³-hybridized carbons (Fsp3) is 0.136. The molecule has 5 nitrogen and oxygen atoms in total. The van der Waals surface area contributed by atoms with E-state index in [1.807, 2.05) is 0 Å². The van der Waals surface area contributed by atoms with Gasteiger partial charge in [0.25, 0.3) is 10.0 Å². The van der Waals surface area contributed by atoms with E-state index < -0.39 is 40.0 Å². The van der Waals surface area contributed by atoms with Crippen LogP contribution in [-0.4, -0.2) is 20.9 Å². The molecule has 0 atom stereocenters. The first-order valence-electron chi connectivity index (χ1n) is 9.29. The highest BCUT2D eigenvalue weighted by molar-refractivity contribution is 7.92. The Bertz CT molecular complexity index is 1210. The van der Waals surface area contributed by atoms with Gasteiger partial charge in [0.1, 0.15) is 12.4 Å². The summed E-state index contributed by atoms with van der Waals surface area (Å²) in [5, 5.41) is 2.34. The fourth-order valence-corrected chi connectivity index (χ4v) is 4.29. The Morgan fingerprint density at radius 1 is 0.938 bits per heavy atom. The highest BCUT2D eigenvalue weighted by Gasteiger charge is 2.31. The number of nitrogens with one attached hydrogen (secondary N) is 1. The Hall–Kier alpha value is -3.40. The average Bonchev–Trinajstić information content (AvgIpc) is 2.72. The summed E-state index contributed by atoms with van der Waals surface area (Å²) in [6.07, 6.45) is -4.54. The number of benzene rings is 3. The molecule has 0 aliphatic rings. The van der Waals surface area contributed by atoms with Crippen LogP contribution < -0.4 is 9.62 Å². The van der Waals surface area contributed by atoms with Gasteiger partial charge in [-0.2, -0.15) is 13.2 Å². The monoisotopic (exact) mass is 466 g/mol. The molecule has 0 saturated carbocycles. The van der Waals surface area contributed by atoms with Gasteiger partial charge in [0.2, 0.25) is 5.91 Å². The second kappa shape index (κ2) is 8.99. The van der Waals surface area contributed by atoms with Crippen molar-refractivity contribution in [1.29, 1.82) is 0 Å². The number of nitrogens with zero attached hydrogens (tertiary/aromatic N) is 1. The summed E-state index contributed by atoms with van der Waals surface area (Å²) in [4.78, 5) is 12.4. The number of hydrogen-bond donors (Lipinski definition) is 1. The number of sulfonamides is 1. The smallest absolute Gasteiger partial charge is 0.325 e. The molecule has 168 valence electrons. The van der Waals surface area contributed by atoms with Crippen LogP contribution in [0.3, 0.4) is 0 Å². The van der Waals surface area contributed by atoms with Gasteiger partial charge >= 0.3 is 6.18 Å². The summed E-state index contributed by atoms with van der Waals surface area (Å²) >= 11 is 0. The van der Waals surface area contributed by atoms with Crippen LogP contribution in [0, 0.1) is 12.7 Å². The van der Waals surface area contributed by atoms with E-state index >= 15 is 0 Å². The lowest BCUT2D eigenvalue weighted by Crippen LogP contribution is -2.38. The molecule has 1 amide bonds. The van der Waals surface area contributed by atoms with Crippen LogP contribution in [0.4, 0.5) is 28.9 Å². The number of anilines is 2. The lowest BCUT2D eigenvalue weighted by Gasteiger charge is -2.24. The summed E-state index contributed by atoms with van der Waals surface area (Å²) in [7, 11) is -4.32. The Balaban J connectivity index is 1.90. The van der Waals surface area contributed by atoms with E-state index in [0.29, 0.717) is 4.31 Å². The molecule has 0 fully saturated rings. The topological polar surface area (TPSA) is 66.5 Å². The third-order valence-corrected chi connectivity index (χ3v) is 6.29. The van der Waals surface area contributed by atoms with Crippen LogP contribution in [0.1, 0.15) is 11.1 Å². The Kier molecular flexibility index (Phi) is 6.54. The van der Waals surface area contributed by atoms with Crippen LogP contribution in [0.15, 0.2) is 77.7 Å². The number of carbonyl (C=O) groups is 1. The summed E-state index contributed by atoms with van der Waals surface area (Å²) < 4.78 is 79.5. The van der Waals surface area contributed by atoms with Gasteiger partial charge in [-0.05, 0) is 55.5 Å². The third kappa shape index (κ3) is 5.25. The molecule has 1 N–H and O–H groups in total. The molecule has 0 radical (unpaired) electrons. The van der Waals surface area contributed by atoms with E-state index in [-0.39, 0.29) is 16.3 Å². The maximum atomic E-state index is 14.4. The third-order valence-electron chi connectivity index (χ3n) is 4.51. The van der Waals surface area contributed by atoms with Gasteiger partial charge in [-0.15, -0.1) is 0 Å². The average molecular weight is 466 g/mol. The normalized spacial score (nSPS) is 11.8.